The summed E-state index contributed by atoms with van der Waals surface area (Å²) < 4.78 is 0. The summed E-state index contributed by atoms with van der Waals surface area (Å²) in [6.07, 6.45) is 5.31. The Kier molecular flexibility index (Phi) is 1.08. The van der Waals surface area contributed by atoms with Crippen LogP contribution < -0.4 is 10.6 Å². The maximum atomic E-state index is 8.62. The maximum Gasteiger partial charge on any atom is 0.102 e. The number of H-pyrrole nitrogens is 1. The molecule has 1 aliphatic rings. The molecular weight excluding hydrogens is 136 g/mol. The van der Waals surface area contributed by atoms with Gasteiger partial charge in [0.05, 0.1) is 16.1 Å². The van der Waals surface area contributed by atoms with Gasteiger partial charge in [0.25, 0.3) is 0 Å². The molecule has 0 aromatic carbocycles. The predicted molar refractivity (Wildman–Crippen MR) is 40.7 cm³/mol. The van der Waals surface area contributed by atoms with Gasteiger partial charge < -0.3 is 4.98 Å². The van der Waals surface area contributed by atoms with E-state index in [0.717, 1.165) is 10.6 Å². The van der Waals surface area contributed by atoms with E-state index in [4.69, 9.17) is 5.26 Å². The minimum atomic E-state index is 0.622. The van der Waals surface area contributed by atoms with Gasteiger partial charge >= 0.3 is 0 Å². The monoisotopic (exact) mass is 140 g/mol. The number of allylic oxidation sites excluding steroid dienone is 1. The molecule has 0 saturated heterocycles. The van der Waals surface area contributed by atoms with Crippen molar-refractivity contribution in [3.05, 3.63) is 34.1 Å². The zero-order chi connectivity index (χ0) is 7.68. The van der Waals surface area contributed by atoms with Crippen LogP contribution in [0, 0.1) is 11.3 Å². The zero-order valence-corrected chi connectivity index (χ0v) is 5.68. The van der Waals surface area contributed by atoms with Gasteiger partial charge in [-0.1, -0.05) is 11.5 Å². The zero-order valence-electron chi connectivity index (χ0n) is 5.68. The molecule has 1 aromatic rings. The van der Waals surface area contributed by atoms with Crippen LogP contribution in [0.1, 0.15) is 5.56 Å². The Balaban J connectivity index is 3.11. The van der Waals surface area contributed by atoms with Crippen LogP contribution in [-0.2, 0) is 0 Å². The van der Waals surface area contributed by atoms with E-state index in [0.29, 0.717) is 5.56 Å². The number of hydrogen-bond donors (Lipinski definition) is 1. The summed E-state index contributed by atoms with van der Waals surface area (Å²) in [5.74, 6) is 0. The van der Waals surface area contributed by atoms with Crippen molar-refractivity contribution < 1.29 is 0 Å². The molecule has 50 valence electrons. The molecule has 0 fully saturated rings. The number of fused-ring (bicyclic) bond motifs is 1. The highest BCUT2D eigenvalue weighted by atomic mass is 14.7. The fraction of sp³-hybridized carbons (Fsp3) is 0. The van der Waals surface area contributed by atoms with Crippen molar-refractivity contribution >= 4 is 11.8 Å². The number of nitrogens with one attached hydrogen (secondary N) is 1. The summed E-state index contributed by atoms with van der Waals surface area (Å²) in [5, 5.41) is 10.4. The number of nitrogens with zero attached hydrogens (tertiary/aromatic N) is 1. The normalized spacial score (nSPS) is 11.2. The molecule has 0 aliphatic heterocycles. The van der Waals surface area contributed by atoms with Crippen molar-refractivity contribution in [3.8, 4) is 6.07 Å². The van der Waals surface area contributed by atoms with Crippen molar-refractivity contribution in [1.82, 2.24) is 4.98 Å². The molecule has 0 amide bonds. The van der Waals surface area contributed by atoms with E-state index < -0.39 is 0 Å². The molecule has 2 nitrogen and oxygen atoms in total. The van der Waals surface area contributed by atoms with E-state index in [9.17, 15) is 0 Å². The second kappa shape index (κ2) is 2.04. The molecule has 0 unspecified atom stereocenters. The first-order valence-electron chi connectivity index (χ1n) is 3.21. The van der Waals surface area contributed by atoms with Crippen LogP contribution in [-0.4, -0.2) is 4.98 Å². The van der Waals surface area contributed by atoms with E-state index in [1.807, 2.05) is 6.08 Å². The van der Waals surface area contributed by atoms with Gasteiger partial charge in [-0.2, -0.15) is 5.26 Å². The Morgan fingerprint density at radius 3 is 3.27 bits per heavy atom. The van der Waals surface area contributed by atoms with Gasteiger partial charge in [-0.3, -0.25) is 0 Å². The molecule has 0 saturated carbocycles. The molecule has 2 heteroatoms. The second-order valence-electron chi connectivity index (χ2n) is 2.21. The van der Waals surface area contributed by atoms with Gasteiger partial charge in [-0.15, -0.1) is 0 Å². The van der Waals surface area contributed by atoms with Crippen LogP contribution in [0.3, 0.4) is 0 Å². The van der Waals surface area contributed by atoms with Gasteiger partial charge in [-0.05, 0) is 12.2 Å². The molecule has 2 rings (SSSR count). The van der Waals surface area contributed by atoms with E-state index in [1.165, 1.54) is 0 Å². The first kappa shape index (κ1) is 5.82. The standard InChI is InChI=1S/C9H4N2/c10-5-7-6-11-9-4-2-1-3-8(7)9/h2,4,6,11H. The lowest BCUT2D eigenvalue weighted by atomic mass is 10.2. The fourth-order valence-electron chi connectivity index (χ4n) is 1.03. The predicted octanol–water partition coefficient (Wildman–Crippen LogP) is -0.229. The van der Waals surface area contributed by atoms with Crippen LogP contribution in [0.2, 0.25) is 0 Å². The van der Waals surface area contributed by atoms with Gasteiger partial charge in [-0.25, -0.2) is 0 Å². The van der Waals surface area contributed by atoms with E-state index in [-0.39, 0.29) is 0 Å². The van der Waals surface area contributed by atoms with Crippen molar-refractivity contribution in [1.29, 1.82) is 5.26 Å². The highest BCUT2D eigenvalue weighted by molar-refractivity contribution is 5.46. The number of nitriles is 1. The Hall–Kier alpha value is -1.93. The average Bonchev–Trinajstić information content (AvgIpc) is 2.47. The summed E-state index contributed by atoms with van der Waals surface area (Å²) in [5.41, 5.74) is 6.29. The third-order valence-corrected chi connectivity index (χ3v) is 1.56. The first-order chi connectivity index (χ1) is 5.42. The molecule has 1 heterocycles. The van der Waals surface area contributed by atoms with Gasteiger partial charge in [0.2, 0.25) is 0 Å². The Morgan fingerprint density at radius 2 is 2.45 bits per heavy atom. The van der Waals surface area contributed by atoms with E-state index in [2.05, 4.69) is 22.5 Å². The highest BCUT2D eigenvalue weighted by Crippen LogP contribution is 1.82. The summed E-state index contributed by atoms with van der Waals surface area (Å²) in [4.78, 5) is 2.97. The number of rotatable bonds is 0. The second-order valence-corrected chi connectivity index (χ2v) is 2.21. The number of aromatic amines is 1. The molecule has 1 N–H and O–H groups in total. The van der Waals surface area contributed by atoms with Crippen molar-refractivity contribution in [3.63, 3.8) is 0 Å². The SMILES string of the molecule is N#Cc1c[nH]c2c1=C=C=CC=2. The summed E-state index contributed by atoms with van der Waals surface area (Å²) in [7, 11) is 0. The van der Waals surface area contributed by atoms with E-state index >= 15 is 0 Å². The molecule has 1 aromatic heterocycles. The Bertz CT molecular complexity index is 513. The van der Waals surface area contributed by atoms with Crippen LogP contribution in [0.4, 0.5) is 0 Å². The number of hydrogen-bond acceptors (Lipinski definition) is 1. The van der Waals surface area contributed by atoms with E-state index in [1.54, 1.807) is 12.3 Å². The largest absolute Gasteiger partial charge is 0.359 e. The average molecular weight is 140 g/mol. The smallest absolute Gasteiger partial charge is 0.102 e. The molecule has 0 atom stereocenters. The topological polar surface area (TPSA) is 39.6 Å². The van der Waals surface area contributed by atoms with Crippen molar-refractivity contribution in [2.75, 3.05) is 0 Å². The lowest BCUT2D eigenvalue weighted by molar-refractivity contribution is 1.32. The lowest BCUT2D eigenvalue weighted by Crippen LogP contribution is -2.23. The Morgan fingerprint density at radius 1 is 1.55 bits per heavy atom. The third-order valence-electron chi connectivity index (χ3n) is 1.56. The minimum Gasteiger partial charge on any atom is -0.359 e. The Labute approximate surface area is 63.1 Å². The highest BCUT2D eigenvalue weighted by Gasteiger charge is 1.96. The van der Waals surface area contributed by atoms with Crippen LogP contribution in [0.5, 0.6) is 0 Å². The fourth-order valence-corrected chi connectivity index (χ4v) is 1.03. The first-order valence-corrected chi connectivity index (χ1v) is 3.21. The third kappa shape index (κ3) is 0.738. The van der Waals surface area contributed by atoms with Crippen LogP contribution in [0.25, 0.3) is 11.8 Å². The molecule has 1 aliphatic carbocycles. The van der Waals surface area contributed by atoms with Crippen molar-refractivity contribution in [2.24, 2.45) is 0 Å². The van der Waals surface area contributed by atoms with Crippen molar-refractivity contribution in [2.45, 2.75) is 0 Å². The number of aromatic nitrogens is 1. The maximum absolute atomic E-state index is 8.62. The molecule has 0 bridgehead atoms. The molecule has 11 heavy (non-hydrogen) atoms. The van der Waals surface area contributed by atoms with Crippen LogP contribution in [0.15, 0.2) is 18.0 Å². The van der Waals surface area contributed by atoms with Gasteiger partial charge in [0, 0.05) is 6.20 Å². The van der Waals surface area contributed by atoms with Crippen LogP contribution >= 0.6 is 0 Å². The quantitative estimate of drug-likeness (QED) is 0.497. The van der Waals surface area contributed by atoms with Gasteiger partial charge in [0.15, 0.2) is 0 Å². The molecular formula is C9H4N2. The minimum absolute atomic E-state index is 0.622. The molecule has 0 radical (unpaired) electrons. The summed E-state index contributed by atoms with van der Waals surface area (Å²) >= 11 is 0. The van der Waals surface area contributed by atoms with Gasteiger partial charge in [0.1, 0.15) is 6.07 Å². The summed E-state index contributed by atoms with van der Waals surface area (Å²) in [6, 6.07) is 2.07. The molecule has 0 spiro atoms. The lowest BCUT2D eigenvalue weighted by Gasteiger charge is -1.77. The summed E-state index contributed by atoms with van der Waals surface area (Å²) in [6.45, 7) is 0.